The normalized spacial score (nSPS) is 13.7. The van der Waals surface area contributed by atoms with Gasteiger partial charge in [0, 0.05) is 35.6 Å². The molecule has 2 heteroatoms. The van der Waals surface area contributed by atoms with Gasteiger partial charge in [0.1, 0.15) is 6.17 Å². The topological polar surface area (TPSA) is 6.48 Å². The molecule has 182 valence electrons. The van der Waals surface area contributed by atoms with Gasteiger partial charge in [0.15, 0.2) is 0 Å². The van der Waals surface area contributed by atoms with Gasteiger partial charge in [0.25, 0.3) is 0 Å². The molecule has 2 aliphatic rings. The first kappa shape index (κ1) is 22.9. The molecule has 0 aliphatic carbocycles. The largest absolute Gasteiger partial charge is 0.320 e. The lowest BCUT2D eigenvalue weighted by Crippen LogP contribution is -2.47. The predicted molar refractivity (Wildman–Crippen MR) is 153 cm³/mol. The van der Waals surface area contributed by atoms with E-state index in [9.17, 15) is 0 Å². The first-order chi connectivity index (χ1) is 17.8. The van der Waals surface area contributed by atoms with Gasteiger partial charge in [-0.25, -0.2) is 0 Å². The van der Waals surface area contributed by atoms with E-state index >= 15 is 0 Å². The van der Waals surface area contributed by atoms with Gasteiger partial charge in [0.2, 0.25) is 0 Å². The Bertz CT molecular complexity index is 1150. The second-order valence-corrected chi connectivity index (χ2v) is 10.3. The Balaban J connectivity index is 1.51. The lowest BCUT2D eigenvalue weighted by atomic mass is 9.91. The number of hydrogen-bond donors (Lipinski definition) is 0. The molecule has 0 N–H and O–H groups in total. The van der Waals surface area contributed by atoms with E-state index in [0.29, 0.717) is 0 Å². The fraction of sp³-hybridized carbons (Fsp3) is 0.294. The van der Waals surface area contributed by atoms with Crippen LogP contribution >= 0.6 is 0 Å². The fourth-order valence-electron chi connectivity index (χ4n) is 6.20. The standard InChI is InChI=1S/C34H36N2/c1-2-3-4-5-6-23-34(35-30-19-11-7-15-26(30)24-27-16-8-12-20-31(27)35)36-32-21-13-9-17-28(32)25-29-18-10-14-22-33(29)36/h7-22,34H,2-6,23-25H2,1H3. The maximum Gasteiger partial charge on any atom is 0.111 e. The van der Waals surface area contributed by atoms with Crippen LogP contribution in [0.5, 0.6) is 0 Å². The van der Waals surface area contributed by atoms with Crippen molar-refractivity contribution < 1.29 is 0 Å². The third kappa shape index (κ3) is 4.19. The van der Waals surface area contributed by atoms with Crippen molar-refractivity contribution in [1.29, 1.82) is 0 Å². The van der Waals surface area contributed by atoms with E-state index in [4.69, 9.17) is 0 Å². The molecule has 0 spiro atoms. The molecule has 0 amide bonds. The smallest absolute Gasteiger partial charge is 0.111 e. The minimum Gasteiger partial charge on any atom is -0.320 e. The van der Waals surface area contributed by atoms with Crippen LogP contribution in [0.4, 0.5) is 22.7 Å². The zero-order chi connectivity index (χ0) is 24.3. The predicted octanol–water partition coefficient (Wildman–Crippen LogP) is 9.16. The van der Waals surface area contributed by atoms with Crippen molar-refractivity contribution >= 4 is 22.7 Å². The maximum atomic E-state index is 2.66. The molecule has 36 heavy (non-hydrogen) atoms. The van der Waals surface area contributed by atoms with E-state index in [0.717, 1.165) is 19.3 Å². The minimum atomic E-state index is 0.205. The molecule has 0 atom stereocenters. The molecule has 0 bridgehead atoms. The number of rotatable bonds is 8. The molecule has 2 aliphatic heterocycles. The number of anilines is 4. The van der Waals surface area contributed by atoms with Crippen molar-refractivity contribution in [2.24, 2.45) is 0 Å². The molecule has 0 fully saturated rings. The van der Waals surface area contributed by atoms with Gasteiger partial charge in [0.05, 0.1) is 0 Å². The summed E-state index contributed by atoms with van der Waals surface area (Å²) in [6.07, 6.45) is 9.78. The lowest BCUT2D eigenvalue weighted by Gasteiger charge is -2.47. The van der Waals surface area contributed by atoms with Gasteiger partial charge >= 0.3 is 0 Å². The number of unbranched alkanes of at least 4 members (excludes halogenated alkanes) is 4. The Morgan fingerprint density at radius 3 is 1.25 bits per heavy atom. The third-order valence-electron chi connectivity index (χ3n) is 7.93. The van der Waals surface area contributed by atoms with Crippen LogP contribution < -0.4 is 9.80 Å². The van der Waals surface area contributed by atoms with Crippen LogP contribution in [0.25, 0.3) is 0 Å². The van der Waals surface area contributed by atoms with Crippen LogP contribution in [0.1, 0.15) is 67.7 Å². The van der Waals surface area contributed by atoms with Gasteiger partial charge in [-0.05, 0) is 59.4 Å². The van der Waals surface area contributed by atoms with Gasteiger partial charge in [-0.15, -0.1) is 0 Å². The van der Waals surface area contributed by atoms with Crippen LogP contribution in [-0.4, -0.2) is 6.17 Å². The highest BCUT2D eigenvalue weighted by Crippen LogP contribution is 2.47. The van der Waals surface area contributed by atoms with Gasteiger partial charge in [-0.2, -0.15) is 0 Å². The van der Waals surface area contributed by atoms with E-state index in [1.54, 1.807) is 0 Å². The number of nitrogens with zero attached hydrogens (tertiary/aromatic N) is 2. The summed E-state index contributed by atoms with van der Waals surface area (Å²) in [6, 6.07) is 36.2. The van der Waals surface area contributed by atoms with Crippen LogP contribution in [0.15, 0.2) is 97.1 Å². The molecule has 0 radical (unpaired) electrons. The van der Waals surface area contributed by atoms with Crippen LogP contribution in [0.3, 0.4) is 0 Å². The molecule has 2 heterocycles. The van der Waals surface area contributed by atoms with Gasteiger partial charge in [-0.1, -0.05) is 105 Å². The summed E-state index contributed by atoms with van der Waals surface area (Å²) >= 11 is 0. The molecule has 0 saturated carbocycles. The summed E-state index contributed by atoms with van der Waals surface area (Å²) in [4.78, 5) is 5.32. The molecular weight excluding hydrogens is 436 g/mol. The van der Waals surface area contributed by atoms with E-state index in [1.165, 1.54) is 77.1 Å². The van der Waals surface area contributed by atoms with E-state index < -0.39 is 0 Å². The van der Waals surface area contributed by atoms with Crippen LogP contribution in [0, 0.1) is 0 Å². The van der Waals surface area contributed by atoms with Crippen LogP contribution in [0.2, 0.25) is 0 Å². The minimum absolute atomic E-state index is 0.205. The van der Waals surface area contributed by atoms with E-state index in [2.05, 4.69) is 114 Å². The average molecular weight is 473 g/mol. The summed E-state index contributed by atoms with van der Waals surface area (Å²) in [6.45, 7) is 2.30. The molecular formula is C34H36N2. The van der Waals surface area contributed by atoms with Crippen molar-refractivity contribution in [1.82, 2.24) is 0 Å². The van der Waals surface area contributed by atoms with Crippen molar-refractivity contribution in [3.63, 3.8) is 0 Å². The summed E-state index contributed by atoms with van der Waals surface area (Å²) in [7, 11) is 0. The van der Waals surface area contributed by atoms with Crippen molar-refractivity contribution in [2.75, 3.05) is 9.80 Å². The summed E-state index contributed by atoms with van der Waals surface area (Å²) < 4.78 is 0. The molecule has 4 aromatic rings. The molecule has 0 unspecified atom stereocenters. The number of hydrogen-bond acceptors (Lipinski definition) is 2. The Morgan fingerprint density at radius 2 is 0.861 bits per heavy atom. The SMILES string of the molecule is CCCCCCCC(N1c2ccccc2Cc2ccccc21)N1c2ccccc2Cc2ccccc21. The first-order valence-corrected chi connectivity index (χ1v) is 13.7. The summed E-state index contributed by atoms with van der Waals surface area (Å²) in [5, 5.41) is 0. The number of benzene rings is 4. The van der Waals surface area contributed by atoms with Gasteiger partial charge < -0.3 is 9.80 Å². The zero-order valence-electron chi connectivity index (χ0n) is 21.4. The molecule has 0 saturated heterocycles. The summed E-state index contributed by atoms with van der Waals surface area (Å²) in [5.41, 5.74) is 11.1. The second kappa shape index (κ2) is 10.2. The molecule has 4 aromatic carbocycles. The molecule has 2 nitrogen and oxygen atoms in total. The van der Waals surface area contributed by atoms with Crippen molar-refractivity contribution in [3.8, 4) is 0 Å². The monoisotopic (exact) mass is 472 g/mol. The highest BCUT2D eigenvalue weighted by molar-refractivity contribution is 5.81. The van der Waals surface area contributed by atoms with E-state index in [-0.39, 0.29) is 6.17 Å². The fourth-order valence-corrected chi connectivity index (χ4v) is 6.20. The maximum absolute atomic E-state index is 2.66. The van der Waals surface area contributed by atoms with Crippen molar-refractivity contribution in [3.05, 3.63) is 119 Å². The highest BCUT2D eigenvalue weighted by Gasteiger charge is 2.35. The highest BCUT2D eigenvalue weighted by atomic mass is 15.4. The van der Waals surface area contributed by atoms with E-state index in [1.807, 2.05) is 0 Å². The Morgan fingerprint density at radius 1 is 0.500 bits per heavy atom. The third-order valence-corrected chi connectivity index (χ3v) is 7.93. The van der Waals surface area contributed by atoms with Crippen molar-refractivity contribution in [2.45, 2.75) is 64.5 Å². The van der Waals surface area contributed by atoms with Gasteiger partial charge in [-0.3, -0.25) is 0 Å². The zero-order valence-corrected chi connectivity index (χ0v) is 21.4. The average Bonchev–Trinajstić information content (AvgIpc) is 2.93. The number of fused-ring (bicyclic) bond motifs is 4. The Labute approximate surface area is 216 Å². The Kier molecular flexibility index (Phi) is 6.51. The quantitative estimate of drug-likeness (QED) is 0.236. The number of para-hydroxylation sites is 4. The summed E-state index contributed by atoms with van der Waals surface area (Å²) in [5.74, 6) is 0. The Hall–Kier alpha value is -3.52. The molecule has 0 aromatic heterocycles. The lowest BCUT2D eigenvalue weighted by molar-refractivity contribution is 0.532. The van der Waals surface area contributed by atoms with Crippen LogP contribution in [-0.2, 0) is 12.8 Å². The first-order valence-electron chi connectivity index (χ1n) is 13.7. The second-order valence-electron chi connectivity index (χ2n) is 10.3. The molecule has 6 rings (SSSR count).